The quantitative estimate of drug-likeness (QED) is 0.150. The van der Waals surface area contributed by atoms with E-state index < -0.39 is 16.2 Å². The van der Waals surface area contributed by atoms with Crippen molar-refractivity contribution in [2.24, 2.45) is 0 Å². The van der Waals surface area contributed by atoms with Crippen molar-refractivity contribution in [2.45, 2.75) is 30.1 Å². The number of anilines is 6. The summed E-state index contributed by atoms with van der Waals surface area (Å²) in [6.45, 7) is 4.40. The fourth-order valence-corrected chi connectivity index (χ4v) is 17.6. The molecule has 0 radical (unpaired) electrons. The SMILES string of the molecule is Cc1cccc(N(c2ccc(C3(c4ccc(N(c5cccc(C)c5)c5ccc6c(c5)C5(c7ccccc7-c7ccccc75)c5ccccc5-6)cc4)c4ccccc4-c4ccccc43)cc2)c2ccc3c(c2)C2(c4ccccc4-c4ccccc42)c2ccccc2-3)c1. The van der Waals surface area contributed by atoms with Gasteiger partial charge in [0.2, 0.25) is 0 Å². The molecular formula is C89H60N2. The standard InChI is InChI=1S/C89H60N2/c1-57-21-19-23-63(53-57)90(65-49-51-75-73-31-9-17-39-83(73)88(85(75)55-65)79-35-13-5-27-69(79)70-28-6-14-36-80(70)88)61-45-41-59(42-46-61)87(77-33-11-3-25-67(77)68-26-4-12-34-78(68)87)60-43-47-62(48-44-60)91(64-24-20-22-58(2)54-64)66-50-52-76-74-32-10-18-40-84(74)89(86(76)56-66)81-37-15-7-29-71(81)72-30-8-16-38-82(72)89/h3-56H,1-2H3. The van der Waals surface area contributed by atoms with Crippen LogP contribution in [0, 0.1) is 13.8 Å². The minimum Gasteiger partial charge on any atom is -0.310 e. The van der Waals surface area contributed by atoms with Crippen LogP contribution < -0.4 is 9.80 Å². The number of nitrogens with zero attached hydrogens (tertiary/aromatic N) is 2. The van der Waals surface area contributed by atoms with Gasteiger partial charge in [0.05, 0.1) is 16.2 Å². The van der Waals surface area contributed by atoms with Crippen LogP contribution in [0.4, 0.5) is 34.1 Å². The number of hydrogen-bond donors (Lipinski definition) is 0. The molecule has 5 aliphatic carbocycles. The van der Waals surface area contributed by atoms with Crippen LogP contribution in [0.15, 0.2) is 328 Å². The third-order valence-electron chi connectivity index (χ3n) is 21.1. The zero-order valence-corrected chi connectivity index (χ0v) is 50.6. The fraction of sp³-hybridized carbons (Fsp3) is 0.0562. The lowest BCUT2D eigenvalue weighted by atomic mass is 9.67. The first-order valence-electron chi connectivity index (χ1n) is 32.0. The molecule has 14 aromatic rings. The Morgan fingerprint density at radius 1 is 0.176 bits per heavy atom. The molecule has 0 bridgehead atoms. The van der Waals surface area contributed by atoms with Gasteiger partial charge in [-0.3, -0.25) is 0 Å². The lowest BCUT2D eigenvalue weighted by molar-refractivity contribution is 0.768. The van der Waals surface area contributed by atoms with Gasteiger partial charge in [-0.15, -0.1) is 0 Å². The lowest BCUT2D eigenvalue weighted by Crippen LogP contribution is -2.28. The van der Waals surface area contributed by atoms with E-state index in [1.807, 2.05) is 0 Å². The molecule has 19 rings (SSSR count). The third kappa shape index (κ3) is 6.91. The molecule has 0 saturated heterocycles. The highest BCUT2D eigenvalue weighted by Crippen LogP contribution is 2.66. The molecule has 2 spiro atoms. The summed E-state index contributed by atoms with van der Waals surface area (Å²) in [4.78, 5) is 4.95. The normalized spacial score (nSPS) is 14.3. The highest BCUT2D eigenvalue weighted by molar-refractivity contribution is 5.99. The van der Waals surface area contributed by atoms with Crippen LogP contribution in [0.1, 0.15) is 77.9 Å². The summed E-state index contributed by atoms with van der Waals surface area (Å²) in [5, 5.41) is 0. The van der Waals surface area contributed by atoms with Crippen molar-refractivity contribution in [1.29, 1.82) is 0 Å². The van der Waals surface area contributed by atoms with Crippen LogP contribution in [0.25, 0.3) is 55.6 Å². The third-order valence-corrected chi connectivity index (χ3v) is 21.1. The maximum absolute atomic E-state index is 2.50. The summed E-state index contributed by atoms with van der Waals surface area (Å²) in [5.74, 6) is 0. The van der Waals surface area contributed by atoms with Crippen LogP contribution in [-0.4, -0.2) is 0 Å². The molecule has 0 aromatic heterocycles. The molecule has 0 fully saturated rings. The second-order valence-electron chi connectivity index (χ2n) is 25.5. The average Bonchev–Trinajstić information content (AvgIpc) is 1.52. The maximum Gasteiger partial charge on any atom is 0.0726 e. The molecule has 0 heterocycles. The van der Waals surface area contributed by atoms with Gasteiger partial charge in [-0.1, -0.05) is 255 Å². The smallest absolute Gasteiger partial charge is 0.0726 e. The van der Waals surface area contributed by atoms with Crippen molar-refractivity contribution in [3.8, 4) is 55.6 Å². The van der Waals surface area contributed by atoms with Crippen molar-refractivity contribution < 1.29 is 0 Å². The van der Waals surface area contributed by atoms with Gasteiger partial charge in [-0.2, -0.15) is 0 Å². The van der Waals surface area contributed by atoms with Crippen molar-refractivity contribution in [2.75, 3.05) is 9.80 Å². The fourth-order valence-electron chi connectivity index (χ4n) is 17.6. The summed E-state index contributed by atoms with van der Waals surface area (Å²) in [7, 11) is 0. The van der Waals surface area contributed by atoms with Crippen LogP contribution >= 0.6 is 0 Å². The molecule has 0 atom stereocenters. The van der Waals surface area contributed by atoms with Crippen molar-refractivity contribution >= 4 is 34.1 Å². The first kappa shape index (κ1) is 51.7. The van der Waals surface area contributed by atoms with E-state index in [-0.39, 0.29) is 0 Å². The van der Waals surface area contributed by atoms with E-state index in [1.54, 1.807) is 0 Å². The zero-order valence-electron chi connectivity index (χ0n) is 50.6. The molecule has 2 heteroatoms. The van der Waals surface area contributed by atoms with Gasteiger partial charge in [0.1, 0.15) is 0 Å². The largest absolute Gasteiger partial charge is 0.310 e. The molecule has 0 amide bonds. The van der Waals surface area contributed by atoms with Gasteiger partial charge >= 0.3 is 0 Å². The van der Waals surface area contributed by atoms with Crippen LogP contribution in [0.3, 0.4) is 0 Å². The molecule has 0 saturated carbocycles. The van der Waals surface area contributed by atoms with E-state index in [4.69, 9.17) is 0 Å². The Morgan fingerprint density at radius 3 is 0.681 bits per heavy atom. The Balaban J connectivity index is 0.770. The predicted octanol–water partition coefficient (Wildman–Crippen LogP) is 22.3. The highest BCUT2D eigenvalue weighted by Gasteiger charge is 2.54. The Labute approximate surface area is 531 Å². The molecule has 0 unspecified atom stereocenters. The molecule has 2 nitrogen and oxygen atoms in total. The van der Waals surface area contributed by atoms with E-state index in [0.717, 1.165) is 34.1 Å². The summed E-state index contributed by atoms with van der Waals surface area (Å²) in [5.41, 5.74) is 36.1. The average molecular weight is 1160 g/mol. The number of aryl methyl sites for hydroxylation is 2. The van der Waals surface area contributed by atoms with Crippen molar-refractivity contribution in [1.82, 2.24) is 0 Å². The summed E-state index contributed by atoms with van der Waals surface area (Å²) < 4.78 is 0. The Kier molecular flexibility index (Phi) is 11.0. The second kappa shape index (κ2) is 19.3. The van der Waals surface area contributed by atoms with Gasteiger partial charge in [-0.25, -0.2) is 0 Å². The Hall–Kier alpha value is -11.3. The second-order valence-corrected chi connectivity index (χ2v) is 25.5. The van der Waals surface area contributed by atoms with Gasteiger partial charge in [0.25, 0.3) is 0 Å². The minimum absolute atomic E-state index is 0.467. The van der Waals surface area contributed by atoms with Crippen LogP contribution in [0.2, 0.25) is 0 Å². The summed E-state index contributed by atoms with van der Waals surface area (Å²) in [6, 6.07) is 124. The number of hydrogen-bond acceptors (Lipinski definition) is 2. The maximum atomic E-state index is 2.50. The van der Waals surface area contributed by atoms with Gasteiger partial charge in [-0.05, 0) is 220 Å². The lowest BCUT2D eigenvalue weighted by Gasteiger charge is -2.35. The Bertz CT molecular complexity index is 4890. The zero-order chi connectivity index (χ0) is 60.2. The molecule has 5 aliphatic rings. The monoisotopic (exact) mass is 1160 g/mol. The Morgan fingerprint density at radius 2 is 0.407 bits per heavy atom. The minimum atomic E-state index is -0.642. The summed E-state index contributed by atoms with van der Waals surface area (Å²) >= 11 is 0. The molecule has 91 heavy (non-hydrogen) atoms. The van der Waals surface area contributed by atoms with Gasteiger partial charge < -0.3 is 9.80 Å². The first-order chi connectivity index (χ1) is 44.9. The van der Waals surface area contributed by atoms with Gasteiger partial charge in [0.15, 0.2) is 0 Å². The van der Waals surface area contributed by atoms with E-state index in [2.05, 4.69) is 351 Å². The molecule has 0 aliphatic heterocycles. The topological polar surface area (TPSA) is 6.48 Å². The highest BCUT2D eigenvalue weighted by atomic mass is 15.1. The number of benzene rings is 14. The molecule has 14 aromatic carbocycles. The van der Waals surface area contributed by atoms with Crippen LogP contribution in [-0.2, 0) is 16.2 Å². The van der Waals surface area contributed by atoms with E-state index in [9.17, 15) is 0 Å². The van der Waals surface area contributed by atoms with Gasteiger partial charge in [0, 0.05) is 34.1 Å². The first-order valence-corrected chi connectivity index (χ1v) is 32.0. The van der Waals surface area contributed by atoms with E-state index in [0.29, 0.717) is 0 Å². The molecular weight excluding hydrogens is 1100 g/mol. The number of fused-ring (bicyclic) bond motifs is 23. The van der Waals surface area contributed by atoms with E-state index in [1.165, 1.54) is 134 Å². The van der Waals surface area contributed by atoms with E-state index >= 15 is 0 Å². The molecule has 426 valence electrons. The van der Waals surface area contributed by atoms with Crippen LogP contribution in [0.5, 0.6) is 0 Å². The number of rotatable bonds is 8. The predicted molar refractivity (Wildman–Crippen MR) is 375 cm³/mol. The molecule has 0 N–H and O–H groups in total. The van der Waals surface area contributed by atoms with Crippen molar-refractivity contribution in [3.63, 3.8) is 0 Å². The van der Waals surface area contributed by atoms with Crippen molar-refractivity contribution in [3.05, 3.63) is 405 Å². The summed E-state index contributed by atoms with van der Waals surface area (Å²) in [6.07, 6.45) is 0.